The molecule has 2 rings (SSSR count). The van der Waals surface area contributed by atoms with E-state index >= 15 is 0 Å². The van der Waals surface area contributed by atoms with Crippen molar-refractivity contribution < 1.29 is 9.59 Å². The highest BCUT2D eigenvalue weighted by molar-refractivity contribution is 7.10. The van der Waals surface area contributed by atoms with Crippen LogP contribution >= 0.6 is 11.3 Å². The molecule has 5 heteroatoms. The fourth-order valence-corrected chi connectivity index (χ4v) is 3.02. The monoisotopic (exact) mass is 252 g/mol. The van der Waals surface area contributed by atoms with Gasteiger partial charge in [-0.3, -0.25) is 9.59 Å². The van der Waals surface area contributed by atoms with E-state index in [1.165, 1.54) is 4.88 Å². The van der Waals surface area contributed by atoms with E-state index in [-0.39, 0.29) is 24.4 Å². The summed E-state index contributed by atoms with van der Waals surface area (Å²) in [4.78, 5) is 26.3. The Morgan fingerprint density at radius 2 is 2.35 bits per heavy atom. The summed E-state index contributed by atoms with van der Waals surface area (Å²) in [5, 5.41) is 4.64. The average Bonchev–Trinajstić information content (AvgIpc) is 2.79. The van der Waals surface area contributed by atoms with Crippen molar-refractivity contribution in [1.29, 1.82) is 0 Å². The number of rotatable bonds is 3. The van der Waals surface area contributed by atoms with E-state index in [1.807, 2.05) is 22.4 Å². The Morgan fingerprint density at radius 1 is 1.53 bits per heavy atom. The van der Waals surface area contributed by atoms with Crippen LogP contribution in [0.3, 0.4) is 0 Å². The summed E-state index contributed by atoms with van der Waals surface area (Å²) in [5.74, 6) is -0.0296. The standard InChI is InChI=1S/C12H16N2O2S/c1-2-9(10-4-3-7-17-10)14-6-5-11(15)13-8-12(14)16/h3-4,7,9H,2,5-6,8H2,1H3,(H,13,15). The fraction of sp³-hybridized carbons (Fsp3) is 0.500. The predicted octanol–water partition coefficient (Wildman–Crippen LogP) is 1.55. The number of hydrogen-bond donors (Lipinski definition) is 1. The number of carbonyl (C=O) groups excluding carboxylic acids is 2. The number of hydrogen-bond acceptors (Lipinski definition) is 3. The van der Waals surface area contributed by atoms with Crippen LogP contribution in [-0.2, 0) is 9.59 Å². The van der Waals surface area contributed by atoms with Crippen LogP contribution in [0.15, 0.2) is 17.5 Å². The second-order valence-electron chi connectivity index (χ2n) is 4.05. The smallest absolute Gasteiger partial charge is 0.242 e. The summed E-state index contributed by atoms with van der Waals surface area (Å²) in [5.41, 5.74) is 0. The van der Waals surface area contributed by atoms with Crippen LogP contribution in [0, 0.1) is 0 Å². The molecule has 2 amide bonds. The average molecular weight is 252 g/mol. The Hall–Kier alpha value is -1.36. The lowest BCUT2D eigenvalue weighted by Gasteiger charge is -2.28. The van der Waals surface area contributed by atoms with Crippen molar-refractivity contribution >= 4 is 23.2 Å². The minimum atomic E-state index is -0.0399. The van der Waals surface area contributed by atoms with Crippen molar-refractivity contribution in [3.8, 4) is 0 Å². The second kappa shape index (κ2) is 5.31. The second-order valence-corrected chi connectivity index (χ2v) is 5.03. The Bertz CT molecular complexity index is 403. The lowest BCUT2D eigenvalue weighted by atomic mass is 10.1. The summed E-state index contributed by atoms with van der Waals surface area (Å²) < 4.78 is 0. The van der Waals surface area contributed by atoms with Crippen LogP contribution in [-0.4, -0.2) is 29.8 Å². The fourth-order valence-electron chi connectivity index (χ4n) is 2.10. The molecule has 0 aliphatic carbocycles. The highest BCUT2D eigenvalue weighted by Crippen LogP contribution is 2.28. The molecule has 0 aromatic carbocycles. The molecule has 0 saturated carbocycles. The first-order valence-electron chi connectivity index (χ1n) is 5.82. The zero-order valence-corrected chi connectivity index (χ0v) is 10.6. The molecule has 1 aromatic heterocycles. The van der Waals surface area contributed by atoms with Gasteiger partial charge in [-0.05, 0) is 17.9 Å². The molecule has 1 unspecified atom stereocenters. The first-order valence-corrected chi connectivity index (χ1v) is 6.70. The first kappa shape index (κ1) is 12.1. The minimum absolute atomic E-state index is 0.0103. The molecule has 1 aromatic rings. The van der Waals surface area contributed by atoms with Gasteiger partial charge in [0.2, 0.25) is 11.8 Å². The molecule has 1 atom stereocenters. The lowest BCUT2D eigenvalue weighted by molar-refractivity contribution is -0.132. The molecule has 1 aliphatic heterocycles. The zero-order valence-electron chi connectivity index (χ0n) is 9.81. The van der Waals surface area contributed by atoms with Crippen molar-refractivity contribution in [3.05, 3.63) is 22.4 Å². The van der Waals surface area contributed by atoms with E-state index in [0.29, 0.717) is 13.0 Å². The number of thiophene rings is 1. The minimum Gasteiger partial charge on any atom is -0.347 e. The SMILES string of the molecule is CCC(c1cccs1)N1CCC(=O)NCC1=O. The lowest BCUT2D eigenvalue weighted by Crippen LogP contribution is -2.37. The molecule has 1 saturated heterocycles. The van der Waals surface area contributed by atoms with E-state index in [9.17, 15) is 9.59 Å². The quantitative estimate of drug-likeness (QED) is 0.887. The molecule has 0 bridgehead atoms. The zero-order chi connectivity index (χ0) is 12.3. The molecule has 1 aliphatic rings. The van der Waals surface area contributed by atoms with Crippen molar-refractivity contribution in [2.45, 2.75) is 25.8 Å². The van der Waals surface area contributed by atoms with Gasteiger partial charge in [0.15, 0.2) is 0 Å². The van der Waals surface area contributed by atoms with Gasteiger partial charge in [-0.15, -0.1) is 11.3 Å². The third kappa shape index (κ3) is 2.66. The molecular formula is C12H16N2O2S. The van der Waals surface area contributed by atoms with Gasteiger partial charge in [0.1, 0.15) is 0 Å². The molecule has 0 spiro atoms. The number of carbonyl (C=O) groups is 2. The molecule has 1 N–H and O–H groups in total. The summed E-state index contributed by atoms with van der Waals surface area (Å²) in [6, 6.07) is 4.15. The van der Waals surface area contributed by atoms with Crippen LogP contribution in [0.5, 0.6) is 0 Å². The maximum absolute atomic E-state index is 12.0. The summed E-state index contributed by atoms with van der Waals surface area (Å²) >= 11 is 1.66. The normalized spacial score (nSPS) is 18.8. The van der Waals surface area contributed by atoms with Crippen LogP contribution in [0.4, 0.5) is 0 Å². The van der Waals surface area contributed by atoms with E-state index in [1.54, 1.807) is 11.3 Å². The largest absolute Gasteiger partial charge is 0.347 e. The summed E-state index contributed by atoms with van der Waals surface area (Å²) in [6.45, 7) is 2.71. The molecule has 1 fully saturated rings. The van der Waals surface area contributed by atoms with Crippen molar-refractivity contribution in [2.24, 2.45) is 0 Å². The van der Waals surface area contributed by atoms with Gasteiger partial charge in [0.05, 0.1) is 12.6 Å². The predicted molar refractivity (Wildman–Crippen MR) is 66.7 cm³/mol. The van der Waals surface area contributed by atoms with Gasteiger partial charge in [-0.25, -0.2) is 0 Å². The van der Waals surface area contributed by atoms with E-state index in [4.69, 9.17) is 0 Å². The van der Waals surface area contributed by atoms with Crippen molar-refractivity contribution in [1.82, 2.24) is 10.2 Å². The molecule has 4 nitrogen and oxygen atoms in total. The van der Waals surface area contributed by atoms with Crippen LogP contribution in [0.25, 0.3) is 0 Å². The number of nitrogens with one attached hydrogen (secondary N) is 1. The van der Waals surface area contributed by atoms with E-state index in [2.05, 4.69) is 12.2 Å². The van der Waals surface area contributed by atoms with Gasteiger partial charge in [0, 0.05) is 17.8 Å². The first-order chi connectivity index (χ1) is 8.22. The summed E-state index contributed by atoms with van der Waals surface area (Å²) in [6.07, 6.45) is 1.27. The van der Waals surface area contributed by atoms with Crippen LogP contribution in [0.2, 0.25) is 0 Å². The topological polar surface area (TPSA) is 49.4 Å². The van der Waals surface area contributed by atoms with E-state index < -0.39 is 0 Å². The van der Waals surface area contributed by atoms with Gasteiger partial charge < -0.3 is 10.2 Å². The maximum Gasteiger partial charge on any atom is 0.242 e. The Morgan fingerprint density at radius 3 is 3.00 bits per heavy atom. The van der Waals surface area contributed by atoms with Crippen LogP contribution in [0.1, 0.15) is 30.7 Å². The molecule has 0 radical (unpaired) electrons. The Labute approximate surface area is 105 Å². The van der Waals surface area contributed by atoms with Gasteiger partial charge in [0.25, 0.3) is 0 Å². The third-order valence-electron chi connectivity index (χ3n) is 2.97. The molecule has 92 valence electrons. The third-order valence-corrected chi connectivity index (χ3v) is 3.94. The van der Waals surface area contributed by atoms with Gasteiger partial charge in [-0.2, -0.15) is 0 Å². The summed E-state index contributed by atoms with van der Waals surface area (Å²) in [7, 11) is 0. The van der Waals surface area contributed by atoms with E-state index in [0.717, 1.165) is 6.42 Å². The number of nitrogens with zero attached hydrogens (tertiary/aromatic N) is 1. The Kier molecular flexibility index (Phi) is 3.78. The molecular weight excluding hydrogens is 236 g/mol. The van der Waals surface area contributed by atoms with Crippen LogP contribution < -0.4 is 5.32 Å². The van der Waals surface area contributed by atoms with Crippen molar-refractivity contribution in [3.63, 3.8) is 0 Å². The molecule has 2 heterocycles. The number of amides is 2. The van der Waals surface area contributed by atoms with Gasteiger partial charge >= 0.3 is 0 Å². The highest BCUT2D eigenvalue weighted by Gasteiger charge is 2.27. The van der Waals surface area contributed by atoms with Gasteiger partial charge in [-0.1, -0.05) is 13.0 Å². The highest BCUT2D eigenvalue weighted by atomic mass is 32.1. The Balaban J connectivity index is 2.18. The molecule has 17 heavy (non-hydrogen) atoms. The van der Waals surface area contributed by atoms with Crippen molar-refractivity contribution in [2.75, 3.05) is 13.1 Å². The maximum atomic E-state index is 12.0.